The Morgan fingerprint density at radius 1 is 1.35 bits per heavy atom. The van der Waals surface area contributed by atoms with Crippen LogP contribution >= 0.6 is 0 Å². The molecule has 1 saturated heterocycles. The van der Waals surface area contributed by atoms with Gasteiger partial charge in [-0.1, -0.05) is 12.1 Å². The average molecular weight is 363 g/mol. The van der Waals surface area contributed by atoms with Gasteiger partial charge in [0.1, 0.15) is 12.0 Å². The van der Waals surface area contributed by atoms with Crippen LogP contribution in [0.4, 0.5) is 0 Å². The van der Waals surface area contributed by atoms with E-state index >= 15 is 0 Å². The highest BCUT2D eigenvalue weighted by atomic mass is 16.5. The minimum absolute atomic E-state index is 0.0565. The van der Waals surface area contributed by atoms with Crippen LogP contribution in [0.5, 0.6) is 5.75 Å². The lowest BCUT2D eigenvalue weighted by atomic mass is 10.1. The van der Waals surface area contributed by atoms with Crippen LogP contribution in [0.1, 0.15) is 39.2 Å². The van der Waals surface area contributed by atoms with E-state index in [1.165, 1.54) is 0 Å². The van der Waals surface area contributed by atoms with Crippen LogP contribution in [-0.4, -0.2) is 49.5 Å². The summed E-state index contributed by atoms with van der Waals surface area (Å²) in [4.78, 5) is 13.7. The van der Waals surface area contributed by atoms with Crippen molar-refractivity contribution in [2.24, 2.45) is 5.92 Å². The van der Waals surface area contributed by atoms with Crippen molar-refractivity contribution in [3.63, 3.8) is 0 Å². The molecule has 1 aromatic rings. The molecule has 1 N–H and O–H groups in total. The van der Waals surface area contributed by atoms with Crippen LogP contribution in [0.2, 0.25) is 0 Å². The molecular formula is C20H31N2O4. The largest absolute Gasteiger partial charge is 0.497 e. The Bertz CT molecular complexity index is 562. The molecule has 2 rings (SSSR count). The van der Waals surface area contributed by atoms with Gasteiger partial charge in [-0.3, -0.25) is 15.4 Å². The van der Waals surface area contributed by atoms with Gasteiger partial charge in [0.15, 0.2) is 0 Å². The average Bonchev–Trinajstić information content (AvgIpc) is 3.05. The molecular weight excluding hydrogens is 332 g/mol. The molecule has 2 unspecified atom stereocenters. The highest BCUT2D eigenvalue weighted by Crippen LogP contribution is 2.23. The summed E-state index contributed by atoms with van der Waals surface area (Å²) in [5.41, 5.74) is 8.16. The summed E-state index contributed by atoms with van der Waals surface area (Å²) in [5, 5.41) is 0. The molecule has 1 fully saturated rings. The molecule has 1 radical (unpaired) electrons. The van der Waals surface area contributed by atoms with Crippen molar-refractivity contribution in [3.8, 4) is 5.75 Å². The van der Waals surface area contributed by atoms with Crippen LogP contribution in [0.15, 0.2) is 24.3 Å². The second kappa shape index (κ2) is 9.35. The Morgan fingerprint density at radius 2 is 2.04 bits per heavy atom. The Hall–Kier alpha value is -1.63. The van der Waals surface area contributed by atoms with Crippen molar-refractivity contribution in [2.75, 3.05) is 26.9 Å². The van der Waals surface area contributed by atoms with Crippen molar-refractivity contribution < 1.29 is 19.0 Å². The third-order valence-corrected chi connectivity index (χ3v) is 4.32. The first kappa shape index (κ1) is 20.7. The fourth-order valence-electron chi connectivity index (χ4n) is 3.12. The van der Waals surface area contributed by atoms with Gasteiger partial charge in [0.2, 0.25) is 5.91 Å². The van der Waals surface area contributed by atoms with Crippen LogP contribution in [0.3, 0.4) is 0 Å². The Balaban J connectivity index is 2.18. The zero-order valence-corrected chi connectivity index (χ0v) is 16.3. The zero-order chi connectivity index (χ0) is 19.2. The van der Waals surface area contributed by atoms with Gasteiger partial charge in [0.25, 0.3) is 0 Å². The predicted molar refractivity (Wildman–Crippen MR) is 99.7 cm³/mol. The van der Waals surface area contributed by atoms with Gasteiger partial charge < -0.3 is 14.2 Å². The first-order chi connectivity index (χ1) is 12.3. The molecule has 2 atom stereocenters. The topological polar surface area (TPSA) is 71.8 Å². The standard InChI is InChI=1S/C20H31N2O4/c1-20(2,3)26-19(11-18(21)23)22(13-16-9-10-25-14-16)12-15-5-7-17(24-4)8-6-15/h5-8,16,19,21H,9-14H2,1-4H3. The van der Waals surface area contributed by atoms with E-state index in [4.69, 9.17) is 19.9 Å². The van der Waals surface area contributed by atoms with Gasteiger partial charge in [0.05, 0.1) is 25.7 Å². The Morgan fingerprint density at radius 3 is 2.54 bits per heavy atom. The minimum atomic E-state index is -0.610. The van der Waals surface area contributed by atoms with Crippen molar-refractivity contribution in [3.05, 3.63) is 29.8 Å². The molecule has 145 valence electrons. The number of hydrogen-bond donors (Lipinski definition) is 0. The molecule has 6 heteroatoms. The number of carbonyl (C=O) groups excluding carboxylic acids is 1. The predicted octanol–water partition coefficient (Wildman–Crippen LogP) is 2.87. The number of amides is 1. The lowest BCUT2D eigenvalue weighted by molar-refractivity contribution is -0.152. The van der Waals surface area contributed by atoms with Crippen LogP contribution in [0, 0.1) is 5.92 Å². The third-order valence-electron chi connectivity index (χ3n) is 4.32. The van der Waals surface area contributed by atoms with Crippen LogP contribution in [-0.2, 0) is 20.8 Å². The molecule has 26 heavy (non-hydrogen) atoms. The normalized spacial score (nSPS) is 18.9. The lowest BCUT2D eigenvalue weighted by Gasteiger charge is -2.36. The van der Waals surface area contributed by atoms with Gasteiger partial charge in [-0.25, -0.2) is 0 Å². The monoisotopic (exact) mass is 363 g/mol. The first-order valence-corrected chi connectivity index (χ1v) is 9.14. The second-order valence-electron chi connectivity index (χ2n) is 7.82. The van der Waals surface area contributed by atoms with E-state index in [2.05, 4.69) is 4.90 Å². The van der Waals surface area contributed by atoms with Gasteiger partial charge in [-0.15, -0.1) is 0 Å². The van der Waals surface area contributed by atoms with E-state index in [9.17, 15) is 4.79 Å². The fraction of sp³-hybridized carbons (Fsp3) is 0.650. The highest BCUT2D eigenvalue weighted by Gasteiger charge is 2.29. The summed E-state index contributed by atoms with van der Waals surface area (Å²) in [7, 11) is 1.65. The summed E-state index contributed by atoms with van der Waals surface area (Å²) >= 11 is 0. The molecule has 0 aromatic heterocycles. The SMILES string of the molecule is COc1ccc(CN(CC2CCOC2)C(CC([NH])=O)OC(C)(C)C)cc1. The van der Waals surface area contributed by atoms with Crippen LogP contribution in [0.25, 0.3) is 0 Å². The second-order valence-corrected chi connectivity index (χ2v) is 7.82. The van der Waals surface area contributed by atoms with Gasteiger partial charge in [-0.2, -0.15) is 0 Å². The number of nitrogens with one attached hydrogen (secondary N) is 1. The molecule has 6 nitrogen and oxygen atoms in total. The minimum Gasteiger partial charge on any atom is -0.497 e. The molecule has 0 bridgehead atoms. The smallest absolute Gasteiger partial charge is 0.242 e. The maximum absolute atomic E-state index is 11.5. The number of carbonyl (C=O) groups is 1. The van der Waals surface area contributed by atoms with Gasteiger partial charge >= 0.3 is 0 Å². The summed E-state index contributed by atoms with van der Waals surface area (Å²) in [6.45, 7) is 8.85. The number of hydrogen-bond acceptors (Lipinski definition) is 5. The van der Waals surface area contributed by atoms with Gasteiger partial charge in [0, 0.05) is 19.7 Å². The molecule has 1 amide bonds. The quantitative estimate of drug-likeness (QED) is 0.631. The lowest BCUT2D eigenvalue weighted by Crippen LogP contribution is -2.45. The zero-order valence-electron chi connectivity index (χ0n) is 16.3. The van der Waals surface area contributed by atoms with E-state index in [-0.39, 0.29) is 6.42 Å². The van der Waals surface area contributed by atoms with Crippen molar-refractivity contribution in [1.82, 2.24) is 10.6 Å². The summed E-state index contributed by atoms with van der Waals surface area (Å²) in [6.07, 6.45) is 0.639. The molecule has 0 spiro atoms. The number of benzene rings is 1. The summed E-state index contributed by atoms with van der Waals surface area (Å²) in [5.74, 6) is 0.620. The van der Waals surface area contributed by atoms with E-state index in [0.717, 1.165) is 37.5 Å². The van der Waals surface area contributed by atoms with Crippen molar-refractivity contribution >= 4 is 5.91 Å². The number of nitrogens with zero attached hydrogens (tertiary/aromatic N) is 1. The van der Waals surface area contributed by atoms with E-state index in [0.29, 0.717) is 12.5 Å². The first-order valence-electron chi connectivity index (χ1n) is 9.14. The van der Waals surface area contributed by atoms with Crippen LogP contribution < -0.4 is 10.5 Å². The summed E-state index contributed by atoms with van der Waals surface area (Å²) < 4.78 is 16.9. The molecule has 1 heterocycles. The highest BCUT2D eigenvalue weighted by molar-refractivity contribution is 5.73. The maximum atomic E-state index is 11.5. The van der Waals surface area contributed by atoms with E-state index in [1.807, 2.05) is 45.0 Å². The Kier molecular flexibility index (Phi) is 7.43. The molecule has 1 aliphatic heterocycles. The number of methoxy groups -OCH3 is 1. The summed E-state index contributed by atoms with van der Waals surface area (Å²) in [6, 6.07) is 7.91. The van der Waals surface area contributed by atoms with E-state index in [1.54, 1.807) is 7.11 Å². The Labute approximate surface area is 156 Å². The fourth-order valence-corrected chi connectivity index (χ4v) is 3.12. The number of ether oxygens (including phenoxy) is 3. The van der Waals surface area contributed by atoms with E-state index < -0.39 is 17.7 Å². The maximum Gasteiger partial charge on any atom is 0.242 e. The molecule has 1 aliphatic rings. The van der Waals surface area contributed by atoms with Crippen molar-refractivity contribution in [2.45, 2.75) is 52.0 Å². The number of rotatable bonds is 9. The third kappa shape index (κ3) is 6.94. The molecule has 0 saturated carbocycles. The van der Waals surface area contributed by atoms with Gasteiger partial charge in [-0.05, 0) is 50.8 Å². The molecule has 1 aromatic carbocycles. The van der Waals surface area contributed by atoms with Crippen molar-refractivity contribution in [1.29, 1.82) is 0 Å². The molecule has 0 aliphatic carbocycles.